The van der Waals surface area contributed by atoms with E-state index in [4.69, 9.17) is 4.52 Å². The number of hydrogen-bond donors (Lipinski definition) is 1. The molecule has 0 atom stereocenters. The van der Waals surface area contributed by atoms with E-state index in [1.807, 2.05) is 43.3 Å². The molecule has 1 aliphatic carbocycles. The summed E-state index contributed by atoms with van der Waals surface area (Å²) >= 11 is 0. The van der Waals surface area contributed by atoms with Crippen LogP contribution in [0.5, 0.6) is 0 Å². The van der Waals surface area contributed by atoms with Crippen LogP contribution in [0.2, 0.25) is 0 Å². The highest BCUT2D eigenvalue weighted by Crippen LogP contribution is 2.39. The number of nitrogens with one attached hydrogen (secondary N) is 1. The van der Waals surface area contributed by atoms with Crippen LogP contribution in [0.4, 0.5) is 0 Å². The number of rotatable bonds is 5. The van der Waals surface area contributed by atoms with Crippen molar-refractivity contribution >= 4 is 5.91 Å². The first-order valence-electron chi connectivity index (χ1n) is 8.47. The second-order valence-electron chi connectivity index (χ2n) is 6.48. The fraction of sp³-hybridized carbons (Fsp3) is 0.250. The van der Waals surface area contributed by atoms with E-state index < -0.39 is 0 Å². The highest BCUT2D eigenvalue weighted by Gasteiger charge is 2.29. The highest BCUT2D eigenvalue weighted by molar-refractivity contribution is 5.94. The maximum atomic E-state index is 12.3. The smallest absolute Gasteiger partial charge is 0.251 e. The van der Waals surface area contributed by atoms with Crippen LogP contribution in [0.1, 0.15) is 46.1 Å². The van der Waals surface area contributed by atoms with Gasteiger partial charge in [0, 0.05) is 23.6 Å². The third kappa shape index (κ3) is 3.60. The van der Waals surface area contributed by atoms with Gasteiger partial charge < -0.3 is 9.84 Å². The maximum Gasteiger partial charge on any atom is 0.251 e. The molecule has 1 N–H and O–H groups in total. The molecule has 0 saturated heterocycles. The Hall–Kier alpha value is -2.95. The van der Waals surface area contributed by atoms with Gasteiger partial charge in [0.1, 0.15) is 0 Å². The Morgan fingerprint density at radius 1 is 1.12 bits per heavy atom. The molecule has 1 heterocycles. The lowest BCUT2D eigenvalue weighted by Gasteiger charge is -2.06. The molecule has 0 spiro atoms. The van der Waals surface area contributed by atoms with E-state index in [2.05, 4.69) is 15.5 Å². The largest absolute Gasteiger partial charge is 0.348 e. The number of carbonyl (C=O) groups excluding carboxylic acids is 1. The third-order valence-corrected chi connectivity index (χ3v) is 4.35. The SMILES string of the molecule is Cc1ccc(CNC(=O)c2ccc(-c3noc(C4CC4)n3)cc2)cc1. The monoisotopic (exact) mass is 333 g/mol. The van der Waals surface area contributed by atoms with Gasteiger partial charge in [-0.1, -0.05) is 47.1 Å². The molecule has 1 fully saturated rings. The Morgan fingerprint density at radius 2 is 1.84 bits per heavy atom. The van der Waals surface area contributed by atoms with Crippen LogP contribution in [0.3, 0.4) is 0 Å². The highest BCUT2D eigenvalue weighted by atomic mass is 16.5. The van der Waals surface area contributed by atoms with Gasteiger partial charge in [-0.25, -0.2) is 0 Å². The van der Waals surface area contributed by atoms with E-state index >= 15 is 0 Å². The van der Waals surface area contributed by atoms with Gasteiger partial charge in [-0.05, 0) is 37.5 Å². The molecule has 25 heavy (non-hydrogen) atoms. The van der Waals surface area contributed by atoms with Crippen molar-refractivity contribution in [3.05, 3.63) is 71.1 Å². The normalized spacial score (nSPS) is 13.6. The molecule has 1 aromatic heterocycles. The minimum absolute atomic E-state index is 0.0982. The third-order valence-electron chi connectivity index (χ3n) is 4.35. The lowest BCUT2D eigenvalue weighted by molar-refractivity contribution is 0.0951. The minimum Gasteiger partial charge on any atom is -0.348 e. The van der Waals surface area contributed by atoms with E-state index in [9.17, 15) is 4.79 Å². The molecular formula is C20H19N3O2. The van der Waals surface area contributed by atoms with Crippen LogP contribution < -0.4 is 5.32 Å². The topological polar surface area (TPSA) is 68.0 Å². The van der Waals surface area contributed by atoms with Gasteiger partial charge in [-0.15, -0.1) is 0 Å². The zero-order valence-electron chi connectivity index (χ0n) is 14.0. The molecule has 0 bridgehead atoms. The van der Waals surface area contributed by atoms with E-state index in [-0.39, 0.29) is 5.91 Å². The molecule has 0 unspecified atom stereocenters. The zero-order chi connectivity index (χ0) is 17.2. The number of benzene rings is 2. The second kappa shape index (κ2) is 6.51. The Bertz CT molecular complexity index is 878. The van der Waals surface area contributed by atoms with E-state index in [0.29, 0.717) is 23.9 Å². The molecule has 5 nitrogen and oxygen atoms in total. The number of amides is 1. The Balaban J connectivity index is 1.40. The fourth-order valence-electron chi connectivity index (χ4n) is 2.61. The van der Waals surface area contributed by atoms with Crippen molar-refractivity contribution in [2.24, 2.45) is 0 Å². The van der Waals surface area contributed by atoms with Gasteiger partial charge in [0.25, 0.3) is 5.91 Å². The van der Waals surface area contributed by atoms with Crippen molar-refractivity contribution < 1.29 is 9.32 Å². The molecule has 5 heteroatoms. The first-order chi connectivity index (χ1) is 12.2. The van der Waals surface area contributed by atoms with E-state index in [0.717, 1.165) is 29.9 Å². The molecule has 0 aliphatic heterocycles. The quantitative estimate of drug-likeness (QED) is 0.770. The zero-order valence-corrected chi connectivity index (χ0v) is 14.0. The van der Waals surface area contributed by atoms with Crippen LogP contribution in [0.25, 0.3) is 11.4 Å². The molecule has 126 valence electrons. The number of aryl methyl sites for hydroxylation is 1. The average Bonchev–Trinajstić information content (AvgIpc) is 3.38. The van der Waals surface area contributed by atoms with Crippen LogP contribution in [0, 0.1) is 6.92 Å². The molecule has 4 rings (SSSR count). The summed E-state index contributed by atoms with van der Waals surface area (Å²) in [5.41, 5.74) is 3.75. The molecule has 1 saturated carbocycles. The number of nitrogens with zero attached hydrogens (tertiary/aromatic N) is 2. The van der Waals surface area contributed by atoms with Gasteiger partial charge >= 0.3 is 0 Å². The molecule has 2 aromatic carbocycles. The first-order valence-corrected chi connectivity index (χ1v) is 8.47. The van der Waals surface area contributed by atoms with Gasteiger partial charge in [0.2, 0.25) is 11.7 Å². The fourth-order valence-corrected chi connectivity index (χ4v) is 2.61. The van der Waals surface area contributed by atoms with E-state index in [1.54, 1.807) is 12.1 Å². The predicted molar refractivity (Wildman–Crippen MR) is 94.1 cm³/mol. The lowest BCUT2D eigenvalue weighted by atomic mass is 10.1. The first kappa shape index (κ1) is 15.6. The van der Waals surface area contributed by atoms with Crippen LogP contribution in [0.15, 0.2) is 53.1 Å². The van der Waals surface area contributed by atoms with Crippen molar-refractivity contribution in [1.29, 1.82) is 0 Å². The standard InChI is InChI=1S/C20H19N3O2/c1-13-2-4-14(5-3-13)12-21-19(24)16-8-6-15(7-9-16)18-22-20(25-23-18)17-10-11-17/h2-9,17H,10-12H2,1H3,(H,21,24). The average molecular weight is 333 g/mol. The molecule has 1 amide bonds. The van der Waals surface area contributed by atoms with Crippen molar-refractivity contribution in [1.82, 2.24) is 15.5 Å². The van der Waals surface area contributed by atoms with Gasteiger partial charge in [-0.3, -0.25) is 4.79 Å². The van der Waals surface area contributed by atoms with Crippen LogP contribution >= 0.6 is 0 Å². The van der Waals surface area contributed by atoms with Crippen LogP contribution in [-0.4, -0.2) is 16.0 Å². The lowest BCUT2D eigenvalue weighted by Crippen LogP contribution is -2.22. The Labute approximate surface area is 146 Å². The molecular weight excluding hydrogens is 314 g/mol. The van der Waals surface area contributed by atoms with Gasteiger partial charge in [0.15, 0.2) is 0 Å². The Morgan fingerprint density at radius 3 is 2.52 bits per heavy atom. The van der Waals surface area contributed by atoms with Gasteiger partial charge in [-0.2, -0.15) is 4.98 Å². The summed E-state index contributed by atoms with van der Waals surface area (Å²) in [7, 11) is 0. The summed E-state index contributed by atoms with van der Waals surface area (Å²) in [5.74, 6) is 1.63. The number of carbonyl (C=O) groups is 1. The van der Waals surface area contributed by atoms with Crippen molar-refractivity contribution in [2.45, 2.75) is 32.2 Å². The second-order valence-corrected chi connectivity index (χ2v) is 6.48. The van der Waals surface area contributed by atoms with Crippen molar-refractivity contribution in [3.63, 3.8) is 0 Å². The summed E-state index contributed by atoms with van der Waals surface area (Å²) in [6, 6.07) is 15.4. The summed E-state index contributed by atoms with van der Waals surface area (Å²) in [4.78, 5) is 16.7. The Kier molecular flexibility index (Phi) is 4.06. The summed E-state index contributed by atoms with van der Waals surface area (Å²) in [6.07, 6.45) is 2.25. The number of hydrogen-bond acceptors (Lipinski definition) is 4. The summed E-state index contributed by atoms with van der Waals surface area (Å²) < 4.78 is 5.28. The van der Waals surface area contributed by atoms with Gasteiger partial charge in [0.05, 0.1) is 0 Å². The summed E-state index contributed by atoms with van der Waals surface area (Å²) in [5, 5.41) is 6.95. The van der Waals surface area contributed by atoms with Crippen LogP contribution in [-0.2, 0) is 6.54 Å². The summed E-state index contributed by atoms with van der Waals surface area (Å²) in [6.45, 7) is 2.55. The molecule has 3 aromatic rings. The number of aromatic nitrogens is 2. The van der Waals surface area contributed by atoms with Crippen molar-refractivity contribution in [2.75, 3.05) is 0 Å². The minimum atomic E-state index is -0.0982. The predicted octanol–water partition coefficient (Wildman–Crippen LogP) is 3.85. The van der Waals surface area contributed by atoms with E-state index in [1.165, 1.54) is 5.56 Å². The maximum absolute atomic E-state index is 12.3. The molecule has 1 aliphatic rings. The van der Waals surface area contributed by atoms with Crippen molar-refractivity contribution in [3.8, 4) is 11.4 Å². The molecule has 0 radical (unpaired) electrons.